The number of rotatable bonds is 5. The maximum absolute atomic E-state index is 5.61. The lowest BCUT2D eigenvalue weighted by Gasteiger charge is -2.05. The van der Waals surface area contributed by atoms with Crippen LogP contribution in [0.4, 0.5) is 10.8 Å². The second-order valence-electron chi connectivity index (χ2n) is 4.81. The van der Waals surface area contributed by atoms with Crippen LogP contribution in [0.15, 0.2) is 28.6 Å². The summed E-state index contributed by atoms with van der Waals surface area (Å²) < 4.78 is 6.60. The van der Waals surface area contributed by atoms with Gasteiger partial charge in [-0.3, -0.25) is 0 Å². The van der Waals surface area contributed by atoms with E-state index < -0.39 is 0 Å². The van der Waals surface area contributed by atoms with Gasteiger partial charge in [-0.25, -0.2) is 0 Å². The molecular formula is C14H17N3OS2. The molecule has 0 radical (unpaired) electrons. The molecule has 0 bridgehead atoms. The number of benzene rings is 1. The second-order valence-corrected chi connectivity index (χ2v) is 7.05. The molecule has 0 saturated carbocycles. The van der Waals surface area contributed by atoms with Crippen molar-refractivity contribution in [1.29, 1.82) is 0 Å². The predicted molar refractivity (Wildman–Crippen MR) is 84.1 cm³/mol. The molecule has 4 nitrogen and oxygen atoms in total. The third-order valence-corrected chi connectivity index (χ3v) is 5.23. The zero-order chi connectivity index (χ0) is 13.8. The molecule has 2 aromatic rings. The summed E-state index contributed by atoms with van der Waals surface area (Å²) >= 11 is 3.32. The molecule has 20 heavy (non-hydrogen) atoms. The van der Waals surface area contributed by atoms with E-state index in [2.05, 4.69) is 46.7 Å². The van der Waals surface area contributed by atoms with Crippen LogP contribution in [0.25, 0.3) is 0 Å². The summed E-state index contributed by atoms with van der Waals surface area (Å²) in [5.41, 5.74) is 2.29. The number of hydrogen-bond acceptors (Lipinski definition) is 6. The van der Waals surface area contributed by atoms with Gasteiger partial charge in [-0.15, -0.1) is 10.2 Å². The van der Waals surface area contributed by atoms with Crippen LogP contribution in [0.2, 0.25) is 0 Å². The average molecular weight is 307 g/mol. The Hall–Kier alpha value is -1.11. The van der Waals surface area contributed by atoms with Gasteiger partial charge in [-0.2, -0.15) is 0 Å². The van der Waals surface area contributed by atoms with Crippen LogP contribution in [0.5, 0.6) is 0 Å². The molecule has 1 aliphatic rings. The molecule has 6 heteroatoms. The number of aromatic nitrogens is 2. The zero-order valence-corrected chi connectivity index (χ0v) is 13.0. The van der Waals surface area contributed by atoms with E-state index in [0.29, 0.717) is 6.10 Å². The molecule has 0 aliphatic carbocycles. The zero-order valence-electron chi connectivity index (χ0n) is 11.3. The van der Waals surface area contributed by atoms with Gasteiger partial charge >= 0.3 is 0 Å². The summed E-state index contributed by atoms with van der Waals surface area (Å²) in [5.74, 6) is 0.971. The minimum atomic E-state index is 0.386. The Morgan fingerprint density at radius 3 is 2.95 bits per heavy atom. The van der Waals surface area contributed by atoms with Crippen molar-refractivity contribution in [3.05, 3.63) is 29.8 Å². The standard InChI is InChI=1S/C14H17N3OS2/c1-10-4-6-11(7-5-10)15-13-16-17-14(20-13)19-9-12-3-2-8-18-12/h4-7,12H,2-3,8-9H2,1H3,(H,15,16). The highest BCUT2D eigenvalue weighted by molar-refractivity contribution is 8.01. The Morgan fingerprint density at radius 1 is 1.35 bits per heavy atom. The summed E-state index contributed by atoms with van der Waals surface area (Å²) in [6.45, 7) is 2.98. The van der Waals surface area contributed by atoms with Gasteiger partial charge in [0.2, 0.25) is 5.13 Å². The van der Waals surface area contributed by atoms with Gasteiger partial charge in [-0.05, 0) is 31.9 Å². The van der Waals surface area contributed by atoms with Gasteiger partial charge in [0.25, 0.3) is 0 Å². The SMILES string of the molecule is Cc1ccc(Nc2nnc(SCC3CCCO3)s2)cc1. The molecule has 2 heterocycles. The van der Waals surface area contributed by atoms with E-state index in [4.69, 9.17) is 4.74 Å². The molecule has 1 fully saturated rings. The van der Waals surface area contributed by atoms with Crippen molar-refractivity contribution in [1.82, 2.24) is 10.2 Å². The fourth-order valence-electron chi connectivity index (χ4n) is 2.02. The molecule has 1 atom stereocenters. The molecule has 1 N–H and O–H groups in total. The summed E-state index contributed by atoms with van der Waals surface area (Å²) in [5, 5.41) is 12.5. The van der Waals surface area contributed by atoms with Crippen molar-refractivity contribution in [2.45, 2.75) is 30.2 Å². The lowest BCUT2D eigenvalue weighted by molar-refractivity contribution is 0.129. The summed E-state index contributed by atoms with van der Waals surface area (Å²) in [6, 6.07) is 8.26. The smallest absolute Gasteiger partial charge is 0.210 e. The quantitative estimate of drug-likeness (QED) is 0.850. The van der Waals surface area contributed by atoms with Crippen LogP contribution in [0.3, 0.4) is 0 Å². The van der Waals surface area contributed by atoms with Crippen molar-refractivity contribution >= 4 is 33.9 Å². The minimum absolute atomic E-state index is 0.386. The maximum atomic E-state index is 5.61. The highest BCUT2D eigenvalue weighted by Gasteiger charge is 2.16. The lowest BCUT2D eigenvalue weighted by atomic mass is 10.2. The van der Waals surface area contributed by atoms with E-state index in [1.54, 1.807) is 23.1 Å². The number of nitrogens with zero attached hydrogens (tertiary/aromatic N) is 2. The van der Waals surface area contributed by atoms with Crippen LogP contribution in [0.1, 0.15) is 18.4 Å². The summed E-state index contributed by atoms with van der Waals surface area (Å²) in [4.78, 5) is 0. The number of hydrogen-bond donors (Lipinski definition) is 1. The monoisotopic (exact) mass is 307 g/mol. The Labute approximate surface area is 127 Å². The number of nitrogens with one attached hydrogen (secondary N) is 1. The van der Waals surface area contributed by atoms with Gasteiger partial charge in [0.15, 0.2) is 4.34 Å². The minimum Gasteiger partial charge on any atom is -0.377 e. The first-order chi connectivity index (χ1) is 9.79. The first-order valence-corrected chi connectivity index (χ1v) is 8.51. The Bertz CT molecular complexity index is 550. The molecule has 106 valence electrons. The molecule has 1 aromatic heterocycles. The summed E-state index contributed by atoms with van der Waals surface area (Å²) in [7, 11) is 0. The lowest BCUT2D eigenvalue weighted by Crippen LogP contribution is -2.07. The highest BCUT2D eigenvalue weighted by atomic mass is 32.2. The highest BCUT2D eigenvalue weighted by Crippen LogP contribution is 2.29. The van der Waals surface area contributed by atoms with Crippen LogP contribution in [-0.2, 0) is 4.74 Å². The van der Waals surface area contributed by atoms with E-state index in [1.165, 1.54) is 18.4 Å². The van der Waals surface area contributed by atoms with Crippen molar-refractivity contribution < 1.29 is 4.74 Å². The first kappa shape index (κ1) is 13.9. The van der Waals surface area contributed by atoms with Crippen LogP contribution in [-0.4, -0.2) is 28.7 Å². The predicted octanol–water partition coefficient (Wildman–Crippen LogP) is 3.86. The number of aryl methyl sites for hydroxylation is 1. The van der Waals surface area contributed by atoms with Gasteiger partial charge in [0.05, 0.1) is 6.10 Å². The van der Waals surface area contributed by atoms with Crippen LogP contribution in [0, 0.1) is 6.92 Å². The molecule has 1 aliphatic heterocycles. The van der Waals surface area contributed by atoms with Gasteiger partial charge in [-0.1, -0.05) is 40.8 Å². The second kappa shape index (κ2) is 6.56. The summed E-state index contributed by atoms with van der Waals surface area (Å²) in [6.07, 6.45) is 2.74. The molecule has 1 saturated heterocycles. The Kier molecular flexibility index (Phi) is 4.54. The van der Waals surface area contributed by atoms with E-state index in [-0.39, 0.29) is 0 Å². The maximum Gasteiger partial charge on any atom is 0.210 e. The molecule has 0 amide bonds. The normalized spacial score (nSPS) is 18.4. The van der Waals surface area contributed by atoms with E-state index in [1.807, 2.05) is 0 Å². The van der Waals surface area contributed by atoms with Crippen molar-refractivity contribution in [2.24, 2.45) is 0 Å². The van der Waals surface area contributed by atoms with Gasteiger partial charge < -0.3 is 10.1 Å². The number of thioether (sulfide) groups is 1. The van der Waals surface area contributed by atoms with E-state index in [0.717, 1.165) is 27.5 Å². The molecule has 1 unspecified atom stereocenters. The molecule has 1 aromatic carbocycles. The van der Waals surface area contributed by atoms with Gasteiger partial charge in [0, 0.05) is 18.0 Å². The van der Waals surface area contributed by atoms with Crippen molar-refractivity contribution in [3.8, 4) is 0 Å². The van der Waals surface area contributed by atoms with Crippen LogP contribution >= 0.6 is 23.1 Å². The van der Waals surface area contributed by atoms with Gasteiger partial charge in [0.1, 0.15) is 0 Å². The van der Waals surface area contributed by atoms with Crippen LogP contribution < -0.4 is 5.32 Å². The average Bonchev–Trinajstić information content (AvgIpc) is 3.10. The third-order valence-electron chi connectivity index (χ3n) is 3.13. The topological polar surface area (TPSA) is 47.0 Å². The fraction of sp³-hybridized carbons (Fsp3) is 0.429. The fourth-order valence-corrected chi connectivity index (χ4v) is 3.88. The molecule has 3 rings (SSSR count). The largest absolute Gasteiger partial charge is 0.377 e. The molecular weight excluding hydrogens is 290 g/mol. The van der Waals surface area contributed by atoms with E-state index in [9.17, 15) is 0 Å². The Balaban J connectivity index is 1.54. The van der Waals surface area contributed by atoms with Crippen molar-refractivity contribution in [3.63, 3.8) is 0 Å². The molecule has 0 spiro atoms. The Morgan fingerprint density at radius 2 is 2.20 bits per heavy atom. The van der Waals surface area contributed by atoms with Crippen molar-refractivity contribution in [2.75, 3.05) is 17.7 Å². The third kappa shape index (κ3) is 3.71. The van der Waals surface area contributed by atoms with E-state index >= 15 is 0 Å². The number of anilines is 2. The first-order valence-electron chi connectivity index (χ1n) is 6.71. The number of ether oxygens (including phenoxy) is 1.